The summed E-state index contributed by atoms with van der Waals surface area (Å²) in [5.41, 5.74) is 1.39. The minimum atomic E-state index is -0.111. The summed E-state index contributed by atoms with van der Waals surface area (Å²) in [6.07, 6.45) is 0. The number of nitrogens with one attached hydrogen (secondary N) is 1. The summed E-state index contributed by atoms with van der Waals surface area (Å²) in [5, 5.41) is 13.7. The summed E-state index contributed by atoms with van der Waals surface area (Å²) in [6.45, 7) is 3.30. The molecule has 2 aromatic rings. The quantitative estimate of drug-likeness (QED) is 0.853. The fourth-order valence-electron chi connectivity index (χ4n) is 2.86. The molecule has 5 nitrogen and oxygen atoms in total. The van der Waals surface area contributed by atoms with Gasteiger partial charge in [-0.1, -0.05) is 35.3 Å². The van der Waals surface area contributed by atoms with E-state index < -0.39 is 0 Å². The van der Waals surface area contributed by atoms with Crippen LogP contribution in [0.5, 0.6) is 5.75 Å². The molecule has 0 bridgehead atoms. The molecule has 1 heterocycles. The molecule has 0 spiro atoms. The van der Waals surface area contributed by atoms with Gasteiger partial charge in [-0.05, 0) is 30.3 Å². The second-order valence-corrected chi connectivity index (χ2v) is 6.77. The van der Waals surface area contributed by atoms with Crippen molar-refractivity contribution >= 4 is 40.5 Å². The summed E-state index contributed by atoms with van der Waals surface area (Å²) in [5.74, 6) is 0.173. The lowest BCUT2D eigenvalue weighted by Gasteiger charge is -2.35. The highest BCUT2D eigenvalue weighted by atomic mass is 35.5. The van der Waals surface area contributed by atoms with Crippen LogP contribution in [0.25, 0.3) is 0 Å². The Morgan fingerprint density at radius 3 is 2.48 bits per heavy atom. The third-order valence-corrected chi connectivity index (χ3v) is 4.71. The fraction of sp³-hybridized carbons (Fsp3) is 0.278. The Kier molecular flexibility index (Phi) is 5.68. The first-order valence-electron chi connectivity index (χ1n) is 8.03. The van der Waals surface area contributed by atoms with Gasteiger partial charge in [0.2, 0.25) is 5.91 Å². The monoisotopic (exact) mass is 379 g/mol. The van der Waals surface area contributed by atoms with Crippen molar-refractivity contribution < 1.29 is 9.90 Å². The van der Waals surface area contributed by atoms with E-state index in [1.807, 2.05) is 12.1 Å². The number of halogens is 2. The molecule has 0 aromatic heterocycles. The van der Waals surface area contributed by atoms with Crippen LogP contribution in [-0.2, 0) is 4.79 Å². The highest BCUT2D eigenvalue weighted by molar-refractivity contribution is 6.36. The van der Waals surface area contributed by atoms with E-state index in [0.717, 1.165) is 31.9 Å². The number of rotatable bonds is 4. The molecule has 1 aliphatic rings. The van der Waals surface area contributed by atoms with E-state index in [2.05, 4.69) is 15.1 Å². The SMILES string of the molecule is O=C(CN1CCN(c2ccccc2O)CC1)Nc1ccc(Cl)cc1Cl. The number of nitrogens with zero attached hydrogens (tertiary/aromatic N) is 2. The standard InChI is InChI=1S/C18H19Cl2N3O2/c19-13-5-6-15(14(20)11-13)21-18(25)12-22-7-9-23(10-8-22)16-3-1-2-4-17(16)24/h1-6,11,24H,7-10,12H2,(H,21,25). The van der Waals surface area contributed by atoms with Gasteiger partial charge in [-0.2, -0.15) is 0 Å². The molecule has 0 unspecified atom stereocenters. The van der Waals surface area contributed by atoms with Crippen molar-refractivity contribution in [3.8, 4) is 5.75 Å². The average molecular weight is 380 g/mol. The maximum atomic E-state index is 12.2. The Bertz CT molecular complexity index is 762. The smallest absolute Gasteiger partial charge is 0.238 e. The number of hydrogen-bond donors (Lipinski definition) is 2. The second-order valence-electron chi connectivity index (χ2n) is 5.92. The number of phenols is 1. The summed E-state index contributed by atoms with van der Waals surface area (Å²) in [6, 6.07) is 12.3. The Balaban J connectivity index is 1.52. The van der Waals surface area contributed by atoms with E-state index >= 15 is 0 Å². The van der Waals surface area contributed by atoms with Crippen molar-refractivity contribution in [2.24, 2.45) is 0 Å². The largest absolute Gasteiger partial charge is 0.506 e. The van der Waals surface area contributed by atoms with Gasteiger partial charge >= 0.3 is 0 Å². The Morgan fingerprint density at radius 1 is 1.08 bits per heavy atom. The van der Waals surface area contributed by atoms with Crippen LogP contribution in [0.1, 0.15) is 0 Å². The summed E-state index contributed by atoms with van der Waals surface area (Å²) in [4.78, 5) is 16.4. The molecule has 1 amide bonds. The van der Waals surface area contributed by atoms with E-state index in [4.69, 9.17) is 23.2 Å². The van der Waals surface area contributed by atoms with Crippen LogP contribution in [0.15, 0.2) is 42.5 Å². The van der Waals surface area contributed by atoms with Gasteiger partial charge in [-0.25, -0.2) is 0 Å². The van der Waals surface area contributed by atoms with Gasteiger partial charge in [-0.15, -0.1) is 0 Å². The van der Waals surface area contributed by atoms with Gasteiger partial charge < -0.3 is 15.3 Å². The zero-order valence-electron chi connectivity index (χ0n) is 13.6. The van der Waals surface area contributed by atoms with Crippen LogP contribution in [0.2, 0.25) is 10.0 Å². The van der Waals surface area contributed by atoms with E-state index in [-0.39, 0.29) is 11.7 Å². The van der Waals surface area contributed by atoms with Gasteiger partial charge in [0.15, 0.2) is 0 Å². The van der Waals surface area contributed by atoms with Crippen LogP contribution in [-0.4, -0.2) is 48.6 Å². The summed E-state index contributed by atoms with van der Waals surface area (Å²) < 4.78 is 0. The predicted molar refractivity (Wildman–Crippen MR) is 102 cm³/mol. The minimum Gasteiger partial charge on any atom is -0.506 e. The molecule has 0 saturated carbocycles. The lowest BCUT2D eigenvalue weighted by atomic mass is 10.2. The van der Waals surface area contributed by atoms with Gasteiger partial charge in [0, 0.05) is 31.2 Å². The predicted octanol–water partition coefficient (Wildman–Crippen LogP) is 3.46. The van der Waals surface area contributed by atoms with Crippen molar-refractivity contribution in [3.05, 3.63) is 52.5 Å². The van der Waals surface area contributed by atoms with Crippen molar-refractivity contribution in [1.82, 2.24) is 4.90 Å². The average Bonchev–Trinajstić information content (AvgIpc) is 2.59. The lowest BCUT2D eigenvalue weighted by molar-refractivity contribution is -0.117. The van der Waals surface area contributed by atoms with Gasteiger partial charge in [0.1, 0.15) is 5.75 Å². The van der Waals surface area contributed by atoms with Gasteiger partial charge in [-0.3, -0.25) is 9.69 Å². The third-order valence-electron chi connectivity index (χ3n) is 4.17. The molecule has 25 heavy (non-hydrogen) atoms. The molecule has 1 aliphatic heterocycles. The minimum absolute atomic E-state index is 0.111. The van der Waals surface area contributed by atoms with Crippen LogP contribution in [0.3, 0.4) is 0 Å². The fourth-order valence-corrected chi connectivity index (χ4v) is 3.32. The Morgan fingerprint density at radius 2 is 1.80 bits per heavy atom. The molecular weight excluding hydrogens is 361 g/mol. The lowest BCUT2D eigenvalue weighted by Crippen LogP contribution is -2.48. The van der Waals surface area contributed by atoms with E-state index in [1.165, 1.54) is 0 Å². The second kappa shape index (κ2) is 7.95. The number of aromatic hydroxyl groups is 1. The van der Waals surface area contributed by atoms with Crippen molar-refractivity contribution in [1.29, 1.82) is 0 Å². The Hall–Kier alpha value is -1.95. The first-order chi connectivity index (χ1) is 12.0. The zero-order valence-corrected chi connectivity index (χ0v) is 15.1. The molecule has 2 aromatic carbocycles. The molecule has 0 radical (unpaired) electrons. The maximum Gasteiger partial charge on any atom is 0.238 e. The molecule has 0 aliphatic carbocycles. The number of amides is 1. The number of piperazine rings is 1. The van der Waals surface area contributed by atoms with Crippen LogP contribution in [0, 0.1) is 0 Å². The molecule has 132 valence electrons. The molecule has 3 rings (SSSR count). The van der Waals surface area contributed by atoms with Crippen molar-refractivity contribution in [2.75, 3.05) is 42.9 Å². The third kappa shape index (κ3) is 4.57. The number of carbonyl (C=O) groups excluding carboxylic acids is 1. The number of para-hydroxylation sites is 2. The number of hydrogen-bond acceptors (Lipinski definition) is 4. The van der Waals surface area contributed by atoms with Crippen molar-refractivity contribution in [3.63, 3.8) is 0 Å². The molecule has 1 saturated heterocycles. The molecule has 2 N–H and O–H groups in total. The van der Waals surface area contributed by atoms with Crippen LogP contribution < -0.4 is 10.2 Å². The number of phenolic OH excluding ortho intramolecular Hbond substituents is 1. The van der Waals surface area contributed by atoms with Gasteiger partial charge in [0.05, 0.1) is 22.9 Å². The van der Waals surface area contributed by atoms with E-state index in [1.54, 1.807) is 30.3 Å². The summed E-state index contributed by atoms with van der Waals surface area (Å²) >= 11 is 11.9. The number of benzene rings is 2. The van der Waals surface area contributed by atoms with Crippen molar-refractivity contribution in [2.45, 2.75) is 0 Å². The molecular formula is C18H19Cl2N3O2. The van der Waals surface area contributed by atoms with E-state index in [0.29, 0.717) is 22.3 Å². The number of carbonyl (C=O) groups is 1. The van der Waals surface area contributed by atoms with Crippen LogP contribution >= 0.6 is 23.2 Å². The summed E-state index contributed by atoms with van der Waals surface area (Å²) in [7, 11) is 0. The first kappa shape index (κ1) is 17.9. The van der Waals surface area contributed by atoms with E-state index in [9.17, 15) is 9.90 Å². The normalized spacial score (nSPS) is 15.2. The van der Waals surface area contributed by atoms with Gasteiger partial charge in [0.25, 0.3) is 0 Å². The topological polar surface area (TPSA) is 55.8 Å². The highest BCUT2D eigenvalue weighted by Gasteiger charge is 2.21. The first-order valence-corrected chi connectivity index (χ1v) is 8.79. The molecule has 0 atom stereocenters. The zero-order chi connectivity index (χ0) is 17.8. The number of anilines is 2. The van der Waals surface area contributed by atoms with Crippen LogP contribution in [0.4, 0.5) is 11.4 Å². The molecule has 7 heteroatoms. The molecule has 1 fully saturated rings. The Labute approximate surface area is 156 Å². The highest BCUT2D eigenvalue weighted by Crippen LogP contribution is 2.27. The maximum absolute atomic E-state index is 12.2.